The van der Waals surface area contributed by atoms with E-state index in [2.05, 4.69) is 9.71 Å². The second kappa shape index (κ2) is 5.60. The summed E-state index contributed by atoms with van der Waals surface area (Å²) in [6.45, 7) is 3.25. The summed E-state index contributed by atoms with van der Waals surface area (Å²) in [5.41, 5.74) is 2.01. The lowest BCUT2D eigenvalue weighted by Gasteiger charge is -2.18. The lowest BCUT2D eigenvalue weighted by Crippen LogP contribution is -2.39. The molecule has 8 heteroatoms. The van der Waals surface area contributed by atoms with Crippen molar-refractivity contribution in [1.82, 2.24) is 14.5 Å². The van der Waals surface area contributed by atoms with Crippen LogP contribution in [0.1, 0.15) is 12.7 Å². The van der Waals surface area contributed by atoms with E-state index in [-0.39, 0.29) is 0 Å². The highest BCUT2D eigenvalue weighted by atomic mass is 32.2. The minimum Gasteiger partial charge on any atom is -0.348 e. The molecule has 0 saturated carbocycles. The Kier molecular flexibility index (Phi) is 4.15. The SMILES string of the molecule is Cc1nc2cc(NS(=O)(=O)C(C)C(=O)N(C)C)ccc2n1C. The topological polar surface area (TPSA) is 84.3 Å². The summed E-state index contributed by atoms with van der Waals surface area (Å²) < 4.78 is 28.9. The number of rotatable bonds is 4. The molecule has 1 heterocycles. The van der Waals surface area contributed by atoms with Crippen LogP contribution in [0.15, 0.2) is 18.2 Å². The molecule has 1 aromatic carbocycles. The molecule has 0 aliphatic rings. The number of hydrogen-bond donors (Lipinski definition) is 1. The van der Waals surface area contributed by atoms with Gasteiger partial charge < -0.3 is 9.47 Å². The van der Waals surface area contributed by atoms with E-state index in [0.29, 0.717) is 11.2 Å². The number of aryl methyl sites for hydroxylation is 2. The Morgan fingerprint density at radius 1 is 1.36 bits per heavy atom. The number of benzene rings is 1. The molecule has 0 aliphatic carbocycles. The van der Waals surface area contributed by atoms with Gasteiger partial charge in [0.25, 0.3) is 0 Å². The van der Waals surface area contributed by atoms with Gasteiger partial charge in [0.15, 0.2) is 5.25 Å². The summed E-state index contributed by atoms with van der Waals surface area (Å²) >= 11 is 0. The summed E-state index contributed by atoms with van der Waals surface area (Å²) in [4.78, 5) is 17.5. The van der Waals surface area contributed by atoms with E-state index in [4.69, 9.17) is 0 Å². The van der Waals surface area contributed by atoms with Crippen LogP contribution in [-0.2, 0) is 21.9 Å². The smallest absolute Gasteiger partial charge is 0.244 e. The number of imidazole rings is 1. The fraction of sp³-hybridized carbons (Fsp3) is 0.429. The van der Waals surface area contributed by atoms with Gasteiger partial charge in [0, 0.05) is 21.1 Å². The van der Waals surface area contributed by atoms with Crippen molar-refractivity contribution in [3.05, 3.63) is 24.0 Å². The summed E-state index contributed by atoms with van der Waals surface area (Å²) in [5, 5.41) is -1.16. The fourth-order valence-corrected chi connectivity index (χ4v) is 3.24. The zero-order valence-corrected chi connectivity index (χ0v) is 14.1. The number of fused-ring (bicyclic) bond motifs is 1. The van der Waals surface area contributed by atoms with E-state index < -0.39 is 21.2 Å². The zero-order valence-electron chi connectivity index (χ0n) is 13.3. The normalized spacial score (nSPS) is 13.1. The second-order valence-corrected chi connectivity index (χ2v) is 7.44. The van der Waals surface area contributed by atoms with Crippen LogP contribution in [0, 0.1) is 6.92 Å². The molecule has 120 valence electrons. The average Bonchev–Trinajstić information content (AvgIpc) is 2.71. The lowest BCUT2D eigenvalue weighted by atomic mass is 10.3. The van der Waals surface area contributed by atoms with Crippen LogP contribution in [0.4, 0.5) is 5.69 Å². The van der Waals surface area contributed by atoms with Crippen molar-refractivity contribution in [2.75, 3.05) is 18.8 Å². The number of nitrogens with zero attached hydrogens (tertiary/aromatic N) is 3. The zero-order chi connectivity index (χ0) is 16.7. The average molecular weight is 324 g/mol. The van der Waals surface area contributed by atoms with Gasteiger partial charge in [0.1, 0.15) is 5.82 Å². The molecule has 0 radical (unpaired) electrons. The van der Waals surface area contributed by atoms with Crippen molar-refractivity contribution in [2.45, 2.75) is 19.1 Å². The molecule has 7 nitrogen and oxygen atoms in total. The van der Waals surface area contributed by atoms with Crippen molar-refractivity contribution < 1.29 is 13.2 Å². The molecule has 2 aromatic rings. The Morgan fingerprint density at radius 3 is 2.59 bits per heavy atom. The van der Waals surface area contributed by atoms with Gasteiger partial charge in [-0.05, 0) is 32.0 Å². The first-order chi connectivity index (χ1) is 10.1. The molecule has 22 heavy (non-hydrogen) atoms. The molecule has 1 amide bonds. The summed E-state index contributed by atoms with van der Waals surface area (Å²) in [7, 11) is 1.14. The van der Waals surface area contributed by atoms with E-state index in [1.54, 1.807) is 18.2 Å². The monoisotopic (exact) mass is 324 g/mol. The molecule has 1 aromatic heterocycles. The first-order valence-corrected chi connectivity index (χ1v) is 8.34. The third-order valence-corrected chi connectivity index (χ3v) is 5.27. The first kappa shape index (κ1) is 16.3. The molecule has 0 saturated heterocycles. The molecular weight excluding hydrogens is 304 g/mol. The van der Waals surface area contributed by atoms with Gasteiger partial charge in [0.05, 0.1) is 16.7 Å². The van der Waals surface area contributed by atoms with Gasteiger partial charge in [-0.25, -0.2) is 13.4 Å². The number of amides is 1. The fourth-order valence-electron chi connectivity index (χ4n) is 2.13. The third-order valence-electron chi connectivity index (χ3n) is 3.62. The molecule has 0 bridgehead atoms. The predicted molar refractivity (Wildman–Crippen MR) is 86.1 cm³/mol. The van der Waals surface area contributed by atoms with Gasteiger partial charge in [0.2, 0.25) is 15.9 Å². The minimum absolute atomic E-state index is 0.393. The molecule has 2 rings (SSSR count). The maximum Gasteiger partial charge on any atom is 0.244 e. The van der Waals surface area contributed by atoms with Crippen molar-refractivity contribution >= 4 is 32.7 Å². The predicted octanol–water partition coefficient (Wildman–Crippen LogP) is 1.10. The highest BCUT2D eigenvalue weighted by Crippen LogP contribution is 2.21. The van der Waals surface area contributed by atoms with Crippen molar-refractivity contribution in [2.24, 2.45) is 7.05 Å². The molecule has 0 spiro atoms. The lowest BCUT2D eigenvalue weighted by molar-refractivity contribution is -0.127. The first-order valence-electron chi connectivity index (χ1n) is 6.79. The largest absolute Gasteiger partial charge is 0.348 e. The number of nitrogens with one attached hydrogen (secondary N) is 1. The molecule has 0 aliphatic heterocycles. The van der Waals surface area contributed by atoms with Crippen molar-refractivity contribution in [3.8, 4) is 0 Å². The van der Waals surface area contributed by atoms with Gasteiger partial charge >= 0.3 is 0 Å². The van der Waals surface area contributed by atoms with Crippen molar-refractivity contribution in [3.63, 3.8) is 0 Å². The summed E-state index contributed by atoms with van der Waals surface area (Å²) in [5.74, 6) is 0.369. The van der Waals surface area contributed by atoms with Gasteiger partial charge in [-0.15, -0.1) is 0 Å². The van der Waals surface area contributed by atoms with E-state index in [9.17, 15) is 13.2 Å². The maximum absolute atomic E-state index is 12.3. The Morgan fingerprint density at radius 2 is 2.00 bits per heavy atom. The summed E-state index contributed by atoms with van der Waals surface area (Å²) in [6, 6.07) is 5.12. The van der Waals surface area contributed by atoms with E-state index >= 15 is 0 Å². The van der Waals surface area contributed by atoms with Gasteiger partial charge in [-0.2, -0.15) is 0 Å². The molecule has 1 N–H and O–H groups in total. The van der Waals surface area contributed by atoms with Crippen LogP contribution >= 0.6 is 0 Å². The highest BCUT2D eigenvalue weighted by Gasteiger charge is 2.29. The third kappa shape index (κ3) is 2.92. The summed E-state index contributed by atoms with van der Waals surface area (Å²) in [6.07, 6.45) is 0. The quantitative estimate of drug-likeness (QED) is 0.913. The van der Waals surface area contributed by atoms with Crippen LogP contribution in [0.5, 0.6) is 0 Å². The Bertz CT molecular complexity index is 824. The highest BCUT2D eigenvalue weighted by molar-refractivity contribution is 7.94. The number of carbonyl (C=O) groups is 1. The molecule has 1 atom stereocenters. The van der Waals surface area contributed by atoms with Crippen LogP contribution in [0.2, 0.25) is 0 Å². The number of hydrogen-bond acceptors (Lipinski definition) is 4. The van der Waals surface area contributed by atoms with Crippen LogP contribution in [-0.4, -0.2) is 48.1 Å². The second-order valence-electron chi connectivity index (χ2n) is 5.44. The Labute approximate surface area is 130 Å². The van der Waals surface area contributed by atoms with Crippen LogP contribution in [0.3, 0.4) is 0 Å². The Balaban J connectivity index is 2.32. The standard InChI is InChI=1S/C14H20N4O3S/c1-9(14(19)17(3)4)22(20,21)16-11-6-7-13-12(8-11)15-10(2)18(13)5/h6-9,16H,1-5H3. The molecule has 0 fully saturated rings. The molecule has 1 unspecified atom stereocenters. The number of aromatic nitrogens is 2. The maximum atomic E-state index is 12.3. The van der Waals surface area contributed by atoms with E-state index in [1.807, 2.05) is 18.5 Å². The van der Waals surface area contributed by atoms with Gasteiger partial charge in [-0.3, -0.25) is 9.52 Å². The van der Waals surface area contributed by atoms with E-state index in [1.165, 1.54) is 25.9 Å². The van der Waals surface area contributed by atoms with Gasteiger partial charge in [-0.1, -0.05) is 0 Å². The number of carbonyl (C=O) groups excluding carboxylic acids is 1. The Hall–Kier alpha value is -2.09. The number of anilines is 1. The molecular formula is C14H20N4O3S. The number of sulfonamides is 1. The van der Waals surface area contributed by atoms with E-state index in [0.717, 1.165) is 11.3 Å². The van der Waals surface area contributed by atoms with Crippen LogP contribution in [0.25, 0.3) is 11.0 Å². The van der Waals surface area contributed by atoms with Crippen LogP contribution < -0.4 is 4.72 Å². The van der Waals surface area contributed by atoms with Crippen molar-refractivity contribution in [1.29, 1.82) is 0 Å². The minimum atomic E-state index is -3.81.